The predicted octanol–water partition coefficient (Wildman–Crippen LogP) is 2.60. The van der Waals surface area contributed by atoms with Gasteiger partial charge in [-0.3, -0.25) is 4.79 Å². The molecule has 4 heteroatoms. The molecule has 1 amide bonds. The Kier molecular flexibility index (Phi) is 6.32. The van der Waals surface area contributed by atoms with Crippen LogP contribution in [-0.4, -0.2) is 18.0 Å². The van der Waals surface area contributed by atoms with Crippen LogP contribution in [0.25, 0.3) is 0 Å². The number of rotatable bonds is 3. The van der Waals surface area contributed by atoms with Crippen LogP contribution in [0.4, 0.5) is 0 Å². The summed E-state index contributed by atoms with van der Waals surface area (Å²) in [5.41, 5.74) is 6.94. The summed E-state index contributed by atoms with van der Waals surface area (Å²) in [6.45, 7) is 1.96. The Labute approximate surface area is 121 Å². The quantitative estimate of drug-likeness (QED) is 0.895. The number of halogens is 1. The maximum atomic E-state index is 12.2. The van der Waals surface area contributed by atoms with E-state index in [-0.39, 0.29) is 24.2 Å². The molecule has 2 rings (SSSR count). The van der Waals surface area contributed by atoms with Crippen LogP contribution in [0.5, 0.6) is 0 Å². The molecule has 3 nitrogen and oxygen atoms in total. The van der Waals surface area contributed by atoms with Crippen LogP contribution in [0.3, 0.4) is 0 Å². The number of benzene rings is 1. The smallest absolute Gasteiger partial charge is 0.227 e. The molecule has 0 saturated heterocycles. The zero-order valence-corrected chi connectivity index (χ0v) is 12.2. The maximum Gasteiger partial charge on any atom is 0.227 e. The highest BCUT2D eigenvalue weighted by Crippen LogP contribution is 2.19. The van der Waals surface area contributed by atoms with Crippen LogP contribution in [0.15, 0.2) is 30.3 Å². The molecule has 1 fully saturated rings. The van der Waals surface area contributed by atoms with Crippen molar-refractivity contribution in [3.05, 3.63) is 35.9 Å². The van der Waals surface area contributed by atoms with Gasteiger partial charge in [-0.15, -0.1) is 12.4 Å². The summed E-state index contributed by atoms with van der Waals surface area (Å²) in [5, 5.41) is 3.14. The van der Waals surface area contributed by atoms with Gasteiger partial charge >= 0.3 is 0 Å². The van der Waals surface area contributed by atoms with Gasteiger partial charge in [0.15, 0.2) is 0 Å². The topological polar surface area (TPSA) is 55.1 Å². The van der Waals surface area contributed by atoms with E-state index < -0.39 is 0 Å². The second-order valence-corrected chi connectivity index (χ2v) is 5.25. The second-order valence-electron chi connectivity index (χ2n) is 5.25. The molecule has 1 aromatic rings. The van der Waals surface area contributed by atoms with E-state index in [0.29, 0.717) is 12.1 Å². The summed E-state index contributed by atoms with van der Waals surface area (Å²) in [5.74, 6) is 0.0449. The molecular weight excluding hydrogens is 260 g/mol. The van der Waals surface area contributed by atoms with E-state index in [1.54, 1.807) is 0 Å². The van der Waals surface area contributed by atoms with Crippen LogP contribution >= 0.6 is 12.4 Å². The first-order chi connectivity index (χ1) is 8.66. The first-order valence-corrected chi connectivity index (χ1v) is 6.77. The van der Waals surface area contributed by atoms with Crippen molar-refractivity contribution in [1.29, 1.82) is 0 Å². The van der Waals surface area contributed by atoms with Crippen LogP contribution in [0.2, 0.25) is 0 Å². The minimum Gasteiger partial charge on any atom is -0.353 e. The number of carbonyl (C=O) groups excluding carboxylic acids is 1. The number of hydrogen-bond donors (Lipinski definition) is 2. The predicted molar refractivity (Wildman–Crippen MR) is 80.5 cm³/mol. The number of nitrogens with one attached hydrogen (secondary N) is 1. The lowest BCUT2D eigenvalue weighted by Crippen LogP contribution is -2.42. The lowest BCUT2D eigenvalue weighted by atomic mass is 9.91. The van der Waals surface area contributed by atoms with Gasteiger partial charge < -0.3 is 11.1 Å². The first-order valence-electron chi connectivity index (χ1n) is 6.77. The van der Waals surface area contributed by atoms with Crippen LogP contribution in [0, 0.1) is 0 Å². The molecule has 1 atom stereocenters. The largest absolute Gasteiger partial charge is 0.353 e. The fourth-order valence-electron chi connectivity index (χ4n) is 2.48. The van der Waals surface area contributed by atoms with Crippen molar-refractivity contribution >= 4 is 18.3 Å². The van der Waals surface area contributed by atoms with Gasteiger partial charge in [0.1, 0.15) is 0 Å². The first kappa shape index (κ1) is 16.0. The fraction of sp³-hybridized carbons (Fsp3) is 0.533. The summed E-state index contributed by atoms with van der Waals surface area (Å²) in [6, 6.07) is 10.5. The van der Waals surface area contributed by atoms with Gasteiger partial charge in [-0.05, 0) is 38.2 Å². The van der Waals surface area contributed by atoms with Gasteiger partial charge in [-0.2, -0.15) is 0 Å². The third-order valence-electron chi connectivity index (χ3n) is 3.81. The van der Waals surface area contributed by atoms with E-state index in [4.69, 9.17) is 5.73 Å². The molecule has 106 valence electrons. The fourth-order valence-corrected chi connectivity index (χ4v) is 2.48. The van der Waals surface area contributed by atoms with E-state index in [9.17, 15) is 4.79 Å². The molecule has 1 aliphatic carbocycles. The third-order valence-corrected chi connectivity index (χ3v) is 3.81. The monoisotopic (exact) mass is 282 g/mol. The van der Waals surface area contributed by atoms with Gasteiger partial charge in [0, 0.05) is 12.1 Å². The van der Waals surface area contributed by atoms with E-state index >= 15 is 0 Å². The van der Waals surface area contributed by atoms with Gasteiger partial charge in [0.25, 0.3) is 0 Å². The normalized spacial score (nSPS) is 24.1. The molecule has 0 aromatic heterocycles. The van der Waals surface area contributed by atoms with Crippen molar-refractivity contribution in [3.63, 3.8) is 0 Å². The standard InChI is InChI=1S/C15H22N2O.ClH/c1-11(12-5-3-2-4-6-12)15(18)17-14-9-7-13(16)8-10-14;/h2-6,11,13-14H,7-10,16H2,1H3,(H,17,18);1H. The zero-order valence-electron chi connectivity index (χ0n) is 11.3. The SMILES string of the molecule is CC(C(=O)NC1CCC(N)CC1)c1ccccc1.Cl. The Balaban J connectivity index is 0.00000180. The average molecular weight is 283 g/mol. The van der Waals surface area contributed by atoms with Crippen LogP contribution < -0.4 is 11.1 Å². The molecule has 3 N–H and O–H groups in total. The highest BCUT2D eigenvalue weighted by atomic mass is 35.5. The number of amides is 1. The van der Waals surface area contributed by atoms with Crippen LogP contribution in [0.1, 0.15) is 44.1 Å². The molecule has 1 unspecified atom stereocenters. The van der Waals surface area contributed by atoms with E-state index in [1.165, 1.54) is 0 Å². The molecule has 1 aromatic carbocycles. The van der Waals surface area contributed by atoms with Gasteiger partial charge in [-0.1, -0.05) is 30.3 Å². The summed E-state index contributed by atoms with van der Waals surface area (Å²) in [4.78, 5) is 12.2. The molecule has 0 spiro atoms. The molecule has 1 aliphatic rings. The highest BCUT2D eigenvalue weighted by Gasteiger charge is 2.22. The van der Waals surface area contributed by atoms with Crippen molar-refractivity contribution in [1.82, 2.24) is 5.32 Å². The molecule has 1 saturated carbocycles. The molecule has 0 radical (unpaired) electrons. The van der Waals surface area contributed by atoms with Crippen molar-refractivity contribution in [2.75, 3.05) is 0 Å². The molecule has 0 aliphatic heterocycles. The van der Waals surface area contributed by atoms with Gasteiger partial charge in [-0.25, -0.2) is 0 Å². The minimum absolute atomic E-state index is 0. The second kappa shape index (κ2) is 7.51. The van der Waals surface area contributed by atoms with Gasteiger partial charge in [0.05, 0.1) is 5.92 Å². The Morgan fingerprint density at radius 1 is 1.21 bits per heavy atom. The molecule has 19 heavy (non-hydrogen) atoms. The Bertz CT molecular complexity index is 388. The van der Waals surface area contributed by atoms with Crippen molar-refractivity contribution in [3.8, 4) is 0 Å². The summed E-state index contributed by atoms with van der Waals surface area (Å²) >= 11 is 0. The molecule has 0 bridgehead atoms. The van der Waals surface area contributed by atoms with Crippen molar-refractivity contribution < 1.29 is 4.79 Å². The van der Waals surface area contributed by atoms with E-state index in [2.05, 4.69) is 5.32 Å². The number of carbonyl (C=O) groups is 1. The summed E-state index contributed by atoms with van der Waals surface area (Å²) < 4.78 is 0. The summed E-state index contributed by atoms with van der Waals surface area (Å²) in [7, 11) is 0. The van der Waals surface area contributed by atoms with Crippen molar-refractivity contribution in [2.45, 2.75) is 50.6 Å². The minimum atomic E-state index is -0.0817. The Morgan fingerprint density at radius 3 is 2.37 bits per heavy atom. The number of nitrogens with two attached hydrogens (primary N) is 1. The lowest BCUT2D eigenvalue weighted by Gasteiger charge is -2.27. The average Bonchev–Trinajstić information content (AvgIpc) is 2.41. The third kappa shape index (κ3) is 4.51. The van der Waals surface area contributed by atoms with E-state index in [0.717, 1.165) is 31.2 Å². The zero-order chi connectivity index (χ0) is 13.0. The summed E-state index contributed by atoms with van der Waals surface area (Å²) in [6.07, 6.45) is 4.05. The lowest BCUT2D eigenvalue weighted by molar-refractivity contribution is -0.123. The van der Waals surface area contributed by atoms with E-state index in [1.807, 2.05) is 37.3 Å². The number of hydrogen-bond acceptors (Lipinski definition) is 2. The molecule has 0 heterocycles. The highest BCUT2D eigenvalue weighted by molar-refractivity contribution is 5.85. The Morgan fingerprint density at radius 2 is 1.79 bits per heavy atom. The van der Waals surface area contributed by atoms with Gasteiger partial charge in [0.2, 0.25) is 5.91 Å². The molecular formula is C15H23ClN2O. The van der Waals surface area contributed by atoms with Crippen LogP contribution in [-0.2, 0) is 4.79 Å². The maximum absolute atomic E-state index is 12.2. The Hall–Kier alpha value is -1.06. The van der Waals surface area contributed by atoms with Crippen molar-refractivity contribution in [2.24, 2.45) is 5.73 Å².